The minimum Gasteiger partial charge on any atom is -0.468 e. The molecule has 0 N–H and O–H groups in total. The molecule has 0 unspecified atom stereocenters. The first-order valence-electron chi connectivity index (χ1n) is 17.7. The standard InChI is InChI=1S/C38H36F5N5O4/c1-3-24-26(40)8-7-20-12-23(51-18-49-2)13-25(27(20)24)30-29(41)31-28-35(46-37(45-31)50-17-38-9-4-10-47(38)16-22(39)14-38)48-15-19-5-6-21(11-19)32(48)33(34(42)43)52-36(28)44-30/h1,7-8,12-13,19,21-22,32-34H,4-6,9-11,14-18H2,2H3/t19-,21+,22+,32-,33-,38-/m0/s1. The average Bonchev–Trinajstić information content (AvgIpc) is 3.77. The Labute approximate surface area is 296 Å². The van der Waals surface area contributed by atoms with E-state index < -0.39 is 41.9 Å². The number of pyridine rings is 1. The second-order valence-electron chi connectivity index (χ2n) is 14.7. The smallest absolute Gasteiger partial charge is 0.319 e. The van der Waals surface area contributed by atoms with Crippen molar-refractivity contribution in [3.63, 3.8) is 0 Å². The first-order valence-corrected chi connectivity index (χ1v) is 17.7. The highest BCUT2D eigenvalue weighted by Crippen LogP contribution is 2.50. The van der Waals surface area contributed by atoms with Gasteiger partial charge in [-0.2, -0.15) is 9.97 Å². The molecule has 14 heteroatoms. The summed E-state index contributed by atoms with van der Waals surface area (Å²) in [5, 5.41) is 0.611. The summed E-state index contributed by atoms with van der Waals surface area (Å²) >= 11 is 0. The number of ether oxygens (including phenoxy) is 4. The number of methoxy groups -OCH3 is 1. The molecule has 0 radical (unpaired) electrons. The number of hydrogen-bond donors (Lipinski definition) is 0. The lowest BCUT2D eigenvalue weighted by atomic mass is 9.87. The monoisotopic (exact) mass is 721 g/mol. The van der Waals surface area contributed by atoms with Crippen molar-refractivity contribution in [2.75, 3.05) is 45.0 Å². The quantitative estimate of drug-likeness (QED) is 0.113. The number of alkyl halides is 3. The molecule has 4 aliphatic heterocycles. The molecule has 9 nitrogen and oxygen atoms in total. The minimum atomic E-state index is -2.91. The van der Waals surface area contributed by atoms with Crippen LogP contribution in [0.15, 0.2) is 24.3 Å². The molecule has 2 aromatic carbocycles. The molecule has 4 aromatic rings. The highest BCUT2D eigenvalue weighted by molar-refractivity contribution is 6.04. The molecule has 3 saturated heterocycles. The summed E-state index contributed by atoms with van der Waals surface area (Å²) in [6.07, 6.45) is 4.54. The summed E-state index contributed by atoms with van der Waals surface area (Å²) in [5.41, 5.74) is -1.29. The number of rotatable bonds is 8. The summed E-state index contributed by atoms with van der Waals surface area (Å²) < 4.78 is 101. The summed E-state index contributed by atoms with van der Waals surface area (Å²) in [4.78, 5) is 17.8. The number of anilines is 1. The number of fused-ring (bicyclic) bond motifs is 7. The van der Waals surface area contributed by atoms with Crippen molar-refractivity contribution in [3.05, 3.63) is 41.5 Å². The Morgan fingerprint density at radius 3 is 2.77 bits per heavy atom. The maximum Gasteiger partial charge on any atom is 0.319 e. The maximum absolute atomic E-state index is 17.4. The summed E-state index contributed by atoms with van der Waals surface area (Å²) in [5.74, 6) is 0.984. The molecule has 2 aromatic heterocycles. The van der Waals surface area contributed by atoms with Crippen molar-refractivity contribution in [2.45, 2.75) is 68.8 Å². The molecule has 5 aliphatic rings. The van der Waals surface area contributed by atoms with Gasteiger partial charge in [-0.1, -0.05) is 12.0 Å². The second-order valence-corrected chi connectivity index (χ2v) is 14.7. The molecule has 6 atom stereocenters. The number of hydrogen-bond acceptors (Lipinski definition) is 9. The topological polar surface area (TPSA) is 82.1 Å². The molecule has 2 bridgehead atoms. The highest BCUT2D eigenvalue weighted by atomic mass is 19.3. The summed E-state index contributed by atoms with van der Waals surface area (Å²) in [6.45, 7) is 1.39. The fourth-order valence-corrected chi connectivity index (χ4v) is 9.55. The van der Waals surface area contributed by atoms with Crippen LogP contribution in [0.1, 0.15) is 44.1 Å². The van der Waals surface area contributed by atoms with Gasteiger partial charge in [0.05, 0.1) is 17.1 Å². The Morgan fingerprint density at radius 1 is 1.10 bits per heavy atom. The van der Waals surface area contributed by atoms with Crippen LogP contribution in [-0.2, 0) is 4.74 Å². The lowest BCUT2D eigenvalue weighted by Crippen LogP contribution is -2.55. The average molecular weight is 722 g/mol. The van der Waals surface area contributed by atoms with Crippen LogP contribution in [0.25, 0.3) is 32.9 Å². The van der Waals surface area contributed by atoms with Gasteiger partial charge in [0, 0.05) is 37.6 Å². The molecule has 1 saturated carbocycles. The largest absolute Gasteiger partial charge is 0.468 e. The lowest BCUT2D eigenvalue weighted by molar-refractivity contribution is -0.0183. The van der Waals surface area contributed by atoms with Crippen molar-refractivity contribution in [3.8, 4) is 41.2 Å². The third-order valence-corrected chi connectivity index (χ3v) is 11.7. The zero-order chi connectivity index (χ0) is 35.9. The van der Waals surface area contributed by atoms with Gasteiger partial charge in [0.25, 0.3) is 6.43 Å². The Balaban J connectivity index is 1.28. The van der Waals surface area contributed by atoms with Crippen LogP contribution in [0.5, 0.6) is 17.6 Å². The van der Waals surface area contributed by atoms with Gasteiger partial charge in [-0.15, -0.1) is 6.42 Å². The van der Waals surface area contributed by atoms with E-state index in [1.165, 1.54) is 25.3 Å². The normalized spacial score (nSPS) is 27.8. The first-order chi connectivity index (χ1) is 25.2. The number of aromatic nitrogens is 3. The SMILES string of the molecule is C#Cc1c(F)ccc2cc(OCOC)cc(-c3nc4c5c(nc(OC[C@@]67CCCN6C[C@H](F)C7)nc5c3F)N3C[C@H]5CC[C@H](C5)[C@H]3[C@@H](C(F)F)O4)c12. The van der Waals surface area contributed by atoms with Crippen LogP contribution in [-0.4, -0.2) is 90.3 Å². The van der Waals surface area contributed by atoms with Gasteiger partial charge in [0.15, 0.2) is 18.7 Å². The maximum atomic E-state index is 17.4. The van der Waals surface area contributed by atoms with Crippen LogP contribution in [0.4, 0.5) is 27.8 Å². The fourth-order valence-electron chi connectivity index (χ4n) is 9.55. The molecule has 0 amide bonds. The molecule has 52 heavy (non-hydrogen) atoms. The fraction of sp³-hybridized carbons (Fsp3) is 0.500. The first kappa shape index (κ1) is 33.4. The van der Waals surface area contributed by atoms with E-state index in [2.05, 4.69) is 20.8 Å². The third-order valence-electron chi connectivity index (χ3n) is 11.7. The van der Waals surface area contributed by atoms with Gasteiger partial charge in [-0.3, -0.25) is 4.90 Å². The Hall–Kier alpha value is -4.48. The van der Waals surface area contributed by atoms with E-state index in [1.807, 2.05) is 4.90 Å². The molecule has 0 spiro atoms. The molecular weight excluding hydrogens is 685 g/mol. The van der Waals surface area contributed by atoms with Crippen molar-refractivity contribution in [1.82, 2.24) is 19.9 Å². The Morgan fingerprint density at radius 2 is 1.96 bits per heavy atom. The number of piperidine rings is 1. The molecule has 272 valence electrons. The zero-order valence-corrected chi connectivity index (χ0v) is 28.4. The van der Waals surface area contributed by atoms with E-state index in [0.29, 0.717) is 24.9 Å². The molecule has 4 fully saturated rings. The third kappa shape index (κ3) is 5.22. The molecule has 9 rings (SSSR count). The highest BCUT2D eigenvalue weighted by Gasteiger charge is 2.52. The number of nitrogens with zero attached hydrogens (tertiary/aromatic N) is 5. The van der Waals surface area contributed by atoms with E-state index in [1.54, 1.807) is 6.07 Å². The predicted molar refractivity (Wildman–Crippen MR) is 182 cm³/mol. The van der Waals surface area contributed by atoms with E-state index in [9.17, 15) is 4.39 Å². The minimum absolute atomic E-state index is 0.0350. The van der Waals surface area contributed by atoms with Crippen LogP contribution in [0.3, 0.4) is 0 Å². The van der Waals surface area contributed by atoms with Gasteiger partial charge in [0.1, 0.15) is 46.8 Å². The number of halogens is 5. The predicted octanol–water partition coefficient (Wildman–Crippen LogP) is 6.67. The van der Waals surface area contributed by atoms with Crippen LogP contribution >= 0.6 is 0 Å². The number of terminal acetylenes is 1. The van der Waals surface area contributed by atoms with E-state index in [0.717, 1.165) is 38.6 Å². The van der Waals surface area contributed by atoms with Crippen molar-refractivity contribution >= 4 is 27.5 Å². The van der Waals surface area contributed by atoms with Crippen LogP contribution in [0, 0.1) is 35.8 Å². The van der Waals surface area contributed by atoms with Gasteiger partial charge >= 0.3 is 6.01 Å². The summed E-state index contributed by atoms with van der Waals surface area (Å²) in [6, 6.07) is 4.77. The lowest BCUT2D eigenvalue weighted by Gasteiger charge is -2.42. The van der Waals surface area contributed by atoms with E-state index >= 15 is 17.6 Å². The van der Waals surface area contributed by atoms with Crippen molar-refractivity contribution in [2.24, 2.45) is 11.8 Å². The van der Waals surface area contributed by atoms with E-state index in [-0.39, 0.29) is 81.8 Å². The molecule has 6 heterocycles. The van der Waals surface area contributed by atoms with Gasteiger partial charge in [-0.05, 0) is 74.1 Å². The van der Waals surface area contributed by atoms with Crippen molar-refractivity contribution < 1.29 is 40.9 Å². The van der Waals surface area contributed by atoms with Gasteiger partial charge in [-0.25, -0.2) is 26.9 Å². The second kappa shape index (κ2) is 12.6. The molecular formula is C38H36F5N5O4. The number of benzene rings is 2. The van der Waals surface area contributed by atoms with Crippen LogP contribution in [0.2, 0.25) is 0 Å². The Bertz CT molecular complexity index is 2130. The van der Waals surface area contributed by atoms with E-state index in [4.69, 9.17) is 30.4 Å². The van der Waals surface area contributed by atoms with Crippen LogP contribution < -0.4 is 19.1 Å². The van der Waals surface area contributed by atoms with Crippen molar-refractivity contribution in [1.29, 1.82) is 0 Å². The molecule has 1 aliphatic carbocycles. The van der Waals surface area contributed by atoms with Gasteiger partial charge < -0.3 is 23.8 Å². The van der Waals surface area contributed by atoms with Gasteiger partial charge in [0.2, 0.25) is 5.88 Å². The summed E-state index contributed by atoms with van der Waals surface area (Å²) in [7, 11) is 1.44. The zero-order valence-electron chi connectivity index (χ0n) is 28.4. The Kier molecular flexibility index (Phi) is 8.07.